The van der Waals surface area contributed by atoms with Gasteiger partial charge in [-0.3, -0.25) is 4.79 Å². The highest BCUT2D eigenvalue weighted by molar-refractivity contribution is 6.02. The van der Waals surface area contributed by atoms with E-state index in [1.54, 1.807) is 36.7 Å². The van der Waals surface area contributed by atoms with Gasteiger partial charge in [0.15, 0.2) is 12.4 Å². The SMILES string of the molecule is O=C(OCNC(=O)c1cnn2cccnc12)c1cccc2ccoc12. The summed E-state index contributed by atoms with van der Waals surface area (Å²) in [6.07, 6.45) is 6.16. The van der Waals surface area contributed by atoms with Gasteiger partial charge >= 0.3 is 5.97 Å². The Morgan fingerprint density at radius 3 is 3.04 bits per heavy atom. The second-order valence-corrected chi connectivity index (χ2v) is 5.17. The lowest BCUT2D eigenvalue weighted by molar-refractivity contribution is 0.0465. The highest BCUT2D eigenvalue weighted by atomic mass is 16.5. The van der Waals surface area contributed by atoms with Crippen LogP contribution in [0.4, 0.5) is 0 Å². The first-order valence-corrected chi connectivity index (χ1v) is 7.44. The second-order valence-electron chi connectivity index (χ2n) is 5.17. The highest BCUT2D eigenvalue weighted by Gasteiger charge is 2.16. The molecule has 4 rings (SSSR count). The molecule has 3 aromatic heterocycles. The molecule has 0 saturated carbocycles. The number of hydrogen-bond donors (Lipinski definition) is 1. The standard InChI is InChI=1S/C17H12N4O4/c22-16(13-9-20-21-7-2-6-18-15(13)21)19-10-25-17(23)12-4-1-3-11-5-8-24-14(11)12/h1-9H,10H2,(H,19,22). The molecule has 124 valence electrons. The van der Waals surface area contributed by atoms with Crippen molar-refractivity contribution in [1.82, 2.24) is 19.9 Å². The van der Waals surface area contributed by atoms with Crippen LogP contribution < -0.4 is 5.32 Å². The van der Waals surface area contributed by atoms with Gasteiger partial charge in [-0.15, -0.1) is 0 Å². The van der Waals surface area contributed by atoms with Crippen molar-refractivity contribution < 1.29 is 18.7 Å². The van der Waals surface area contributed by atoms with E-state index in [2.05, 4.69) is 15.4 Å². The van der Waals surface area contributed by atoms with E-state index in [0.717, 1.165) is 5.39 Å². The monoisotopic (exact) mass is 336 g/mol. The number of ether oxygens (including phenoxy) is 1. The molecule has 1 aromatic carbocycles. The van der Waals surface area contributed by atoms with Crippen molar-refractivity contribution >= 4 is 28.5 Å². The lowest BCUT2D eigenvalue weighted by Gasteiger charge is -2.06. The molecule has 1 amide bonds. The molecule has 0 unspecified atom stereocenters. The van der Waals surface area contributed by atoms with Crippen molar-refractivity contribution in [3.05, 3.63) is 66.3 Å². The van der Waals surface area contributed by atoms with Gasteiger partial charge in [0.25, 0.3) is 5.91 Å². The fourth-order valence-corrected chi connectivity index (χ4v) is 2.48. The molecule has 0 atom stereocenters. The Hall–Kier alpha value is -3.68. The number of hydrogen-bond acceptors (Lipinski definition) is 6. The minimum atomic E-state index is -0.584. The van der Waals surface area contributed by atoms with Gasteiger partial charge < -0.3 is 14.5 Å². The fraction of sp³-hybridized carbons (Fsp3) is 0.0588. The number of amides is 1. The summed E-state index contributed by atoms with van der Waals surface area (Å²) in [6.45, 7) is -0.279. The molecular weight excluding hydrogens is 324 g/mol. The molecule has 8 nitrogen and oxygen atoms in total. The van der Waals surface area contributed by atoms with Crippen LogP contribution in [0.15, 0.2) is 59.6 Å². The molecule has 0 spiro atoms. The van der Waals surface area contributed by atoms with Gasteiger partial charge in [0.2, 0.25) is 0 Å². The fourth-order valence-electron chi connectivity index (χ4n) is 2.48. The summed E-state index contributed by atoms with van der Waals surface area (Å²) < 4.78 is 11.9. The number of para-hydroxylation sites is 1. The van der Waals surface area contributed by atoms with Crippen LogP contribution in [0.2, 0.25) is 0 Å². The van der Waals surface area contributed by atoms with Crippen LogP contribution in [0.3, 0.4) is 0 Å². The second kappa shape index (κ2) is 6.08. The quantitative estimate of drug-likeness (QED) is 0.452. The Labute approximate surface area is 141 Å². The largest absolute Gasteiger partial charge is 0.463 e. The number of nitrogens with zero attached hydrogens (tertiary/aromatic N) is 3. The Balaban J connectivity index is 1.43. The minimum absolute atomic E-state index is 0.279. The third-order valence-corrected chi connectivity index (χ3v) is 3.66. The van der Waals surface area contributed by atoms with Gasteiger partial charge in [0, 0.05) is 17.8 Å². The van der Waals surface area contributed by atoms with Crippen LogP contribution in [-0.4, -0.2) is 33.2 Å². The molecule has 0 radical (unpaired) electrons. The Morgan fingerprint density at radius 2 is 2.12 bits per heavy atom. The van der Waals surface area contributed by atoms with Crippen molar-refractivity contribution in [2.45, 2.75) is 0 Å². The first kappa shape index (κ1) is 14.9. The summed E-state index contributed by atoms with van der Waals surface area (Å²) in [5.74, 6) is -1.02. The predicted molar refractivity (Wildman–Crippen MR) is 86.9 cm³/mol. The third kappa shape index (κ3) is 2.69. The molecule has 8 heteroatoms. The third-order valence-electron chi connectivity index (χ3n) is 3.66. The van der Waals surface area contributed by atoms with Gasteiger partial charge in [-0.1, -0.05) is 12.1 Å². The van der Waals surface area contributed by atoms with Gasteiger partial charge in [-0.2, -0.15) is 5.10 Å². The molecule has 0 fully saturated rings. The zero-order valence-corrected chi connectivity index (χ0v) is 12.9. The Kier molecular flexibility index (Phi) is 3.62. The molecule has 1 N–H and O–H groups in total. The molecule has 0 aliphatic carbocycles. The molecular formula is C17H12N4O4. The molecule has 0 aliphatic heterocycles. The summed E-state index contributed by atoms with van der Waals surface area (Å²) >= 11 is 0. The topological polar surface area (TPSA) is 98.7 Å². The number of esters is 1. The summed E-state index contributed by atoms with van der Waals surface area (Å²) in [4.78, 5) is 28.5. The summed E-state index contributed by atoms with van der Waals surface area (Å²) in [6, 6.07) is 8.63. The highest BCUT2D eigenvalue weighted by Crippen LogP contribution is 2.20. The average Bonchev–Trinajstić information content (AvgIpc) is 3.27. The lowest BCUT2D eigenvalue weighted by Crippen LogP contribution is -2.27. The van der Waals surface area contributed by atoms with Gasteiger partial charge in [-0.05, 0) is 18.2 Å². The molecule has 4 aromatic rings. The van der Waals surface area contributed by atoms with Crippen LogP contribution in [0.5, 0.6) is 0 Å². The normalized spacial score (nSPS) is 10.9. The van der Waals surface area contributed by atoms with Gasteiger partial charge in [0.1, 0.15) is 16.7 Å². The van der Waals surface area contributed by atoms with E-state index in [1.165, 1.54) is 17.0 Å². The van der Waals surface area contributed by atoms with Crippen molar-refractivity contribution in [3.63, 3.8) is 0 Å². The van der Waals surface area contributed by atoms with Crippen molar-refractivity contribution in [3.8, 4) is 0 Å². The van der Waals surface area contributed by atoms with Gasteiger partial charge in [0.05, 0.1) is 12.5 Å². The van der Waals surface area contributed by atoms with E-state index in [-0.39, 0.29) is 6.73 Å². The first-order valence-electron chi connectivity index (χ1n) is 7.44. The van der Waals surface area contributed by atoms with E-state index in [0.29, 0.717) is 22.4 Å². The Morgan fingerprint density at radius 1 is 1.20 bits per heavy atom. The summed E-state index contributed by atoms with van der Waals surface area (Å²) in [5.41, 5.74) is 1.47. The zero-order chi connectivity index (χ0) is 17.2. The number of carbonyl (C=O) groups excluding carboxylic acids is 2. The Bertz CT molecular complexity index is 1080. The summed E-state index contributed by atoms with van der Waals surface area (Å²) in [7, 11) is 0. The van der Waals surface area contributed by atoms with Crippen LogP contribution in [-0.2, 0) is 4.74 Å². The number of fused-ring (bicyclic) bond motifs is 2. The smallest absolute Gasteiger partial charge is 0.343 e. The predicted octanol–water partition coefficient (Wildman–Crippen LogP) is 2.02. The maximum Gasteiger partial charge on any atom is 0.343 e. The summed E-state index contributed by atoms with van der Waals surface area (Å²) in [5, 5.41) is 7.35. The number of benzene rings is 1. The van der Waals surface area contributed by atoms with Crippen LogP contribution in [0.25, 0.3) is 16.6 Å². The van der Waals surface area contributed by atoms with Crippen LogP contribution in [0, 0.1) is 0 Å². The van der Waals surface area contributed by atoms with E-state index >= 15 is 0 Å². The molecule has 0 saturated heterocycles. The van der Waals surface area contributed by atoms with E-state index in [9.17, 15) is 9.59 Å². The number of furan rings is 1. The van der Waals surface area contributed by atoms with Crippen molar-refractivity contribution in [1.29, 1.82) is 0 Å². The zero-order valence-electron chi connectivity index (χ0n) is 12.9. The first-order chi connectivity index (χ1) is 12.2. The number of rotatable bonds is 4. The maximum absolute atomic E-state index is 12.2. The van der Waals surface area contributed by atoms with Crippen molar-refractivity contribution in [2.75, 3.05) is 6.73 Å². The minimum Gasteiger partial charge on any atom is -0.463 e. The number of aromatic nitrogens is 3. The maximum atomic E-state index is 12.2. The van der Waals surface area contributed by atoms with E-state index in [1.807, 2.05) is 6.07 Å². The molecule has 25 heavy (non-hydrogen) atoms. The van der Waals surface area contributed by atoms with Crippen LogP contribution in [0.1, 0.15) is 20.7 Å². The molecule has 0 bridgehead atoms. The number of nitrogens with one attached hydrogen (secondary N) is 1. The van der Waals surface area contributed by atoms with Crippen molar-refractivity contribution in [2.24, 2.45) is 0 Å². The van der Waals surface area contributed by atoms with E-state index in [4.69, 9.17) is 9.15 Å². The van der Waals surface area contributed by atoms with E-state index < -0.39 is 11.9 Å². The van der Waals surface area contributed by atoms with Crippen LogP contribution >= 0.6 is 0 Å². The molecule has 3 heterocycles. The average molecular weight is 336 g/mol. The van der Waals surface area contributed by atoms with Gasteiger partial charge in [-0.25, -0.2) is 14.3 Å². The number of carbonyl (C=O) groups is 2. The molecule has 0 aliphatic rings. The lowest BCUT2D eigenvalue weighted by atomic mass is 10.1.